The normalized spacial score (nSPS) is 19.6. The lowest BCUT2D eigenvalue weighted by Gasteiger charge is -2.14. The molecule has 1 amide bonds. The first kappa shape index (κ1) is 13.5. The van der Waals surface area contributed by atoms with E-state index in [1.54, 1.807) is 11.3 Å². The van der Waals surface area contributed by atoms with Crippen molar-refractivity contribution in [3.63, 3.8) is 0 Å². The summed E-state index contributed by atoms with van der Waals surface area (Å²) in [5.74, 6) is 0.213. The lowest BCUT2D eigenvalue weighted by Crippen LogP contribution is -2.32. The van der Waals surface area contributed by atoms with Crippen LogP contribution in [0.1, 0.15) is 16.2 Å². The molecule has 0 aliphatic carbocycles. The number of likely N-dealkylation sites (tertiary alicyclic amines) is 1. The monoisotopic (exact) mass is 260 g/mol. The summed E-state index contributed by atoms with van der Waals surface area (Å²) in [5.41, 5.74) is 5.77. The minimum atomic E-state index is 0. The number of aryl methyl sites for hydroxylation is 1. The average Bonchev–Trinajstić information content (AvgIpc) is 2.75. The highest BCUT2D eigenvalue weighted by atomic mass is 35.5. The lowest BCUT2D eigenvalue weighted by molar-refractivity contribution is -0.129. The number of amides is 1. The molecule has 1 aromatic rings. The predicted molar refractivity (Wildman–Crippen MR) is 69.2 cm³/mol. The summed E-state index contributed by atoms with van der Waals surface area (Å²) in [6.45, 7) is 3.61. The Balaban J connectivity index is 0.00000128. The van der Waals surface area contributed by atoms with Gasteiger partial charge in [0.25, 0.3) is 0 Å². The van der Waals surface area contributed by atoms with Gasteiger partial charge in [0.05, 0.1) is 6.42 Å². The van der Waals surface area contributed by atoms with Crippen LogP contribution >= 0.6 is 23.7 Å². The summed E-state index contributed by atoms with van der Waals surface area (Å²) < 4.78 is 0. The molecule has 1 aliphatic heterocycles. The Bertz CT molecular complexity index is 367. The minimum Gasteiger partial charge on any atom is -0.341 e. The van der Waals surface area contributed by atoms with E-state index in [9.17, 15) is 4.79 Å². The van der Waals surface area contributed by atoms with E-state index in [0.717, 1.165) is 24.4 Å². The fraction of sp³-hybridized carbons (Fsp3) is 0.545. The molecule has 1 fully saturated rings. The first-order chi connectivity index (χ1) is 7.15. The van der Waals surface area contributed by atoms with Gasteiger partial charge in [-0.05, 0) is 25.5 Å². The van der Waals surface area contributed by atoms with Crippen LogP contribution in [0.5, 0.6) is 0 Å². The molecule has 2 rings (SSSR count). The molecular formula is C11H17ClN2OS. The predicted octanol–water partition coefficient (Wildman–Crippen LogP) is 1.58. The van der Waals surface area contributed by atoms with E-state index in [-0.39, 0.29) is 24.4 Å². The summed E-state index contributed by atoms with van der Waals surface area (Å²) in [5, 5.41) is 0. The van der Waals surface area contributed by atoms with E-state index in [1.165, 1.54) is 4.88 Å². The molecule has 0 spiro atoms. The summed E-state index contributed by atoms with van der Waals surface area (Å²) in [6, 6.07) is 4.27. The van der Waals surface area contributed by atoms with E-state index >= 15 is 0 Å². The lowest BCUT2D eigenvalue weighted by atomic mass is 10.3. The van der Waals surface area contributed by atoms with Crippen LogP contribution in [0.25, 0.3) is 0 Å². The van der Waals surface area contributed by atoms with Gasteiger partial charge in [-0.25, -0.2) is 0 Å². The van der Waals surface area contributed by atoms with Crippen LogP contribution in [0, 0.1) is 6.92 Å². The van der Waals surface area contributed by atoms with Crippen molar-refractivity contribution in [2.75, 3.05) is 13.1 Å². The topological polar surface area (TPSA) is 46.3 Å². The van der Waals surface area contributed by atoms with Gasteiger partial charge in [0, 0.05) is 28.9 Å². The van der Waals surface area contributed by atoms with Crippen molar-refractivity contribution in [2.24, 2.45) is 5.73 Å². The Morgan fingerprint density at radius 2 is 2.38 bits per heavy atom. The third kappa shape index (κ3) is 3.20. The Morgan fingerprint density at radius 3 is 2.88 bits per heavy atom. The number of carbonyl (C=O) groups excluding carboxylic acids is 1. The SMILES string of the molecule is Cc1ccc(CC(=O)N2CC[C@H](N)C2)s1.Cl. The molecule has 0 aromatic carbocycles. The number of hydrogen-bond acceptors (Lipinski definition) is 3. The molecule has 0 saturated carbocycles. The molecule has 5 heteroatoms. The van der Waals surface area contributed by atoms with Crippen molar-refractivity contribution in [1.29, 1.82) is 0 Å². The van der Waals surface area contributed by atoms with Gasteiger partial charge >= 0.3 is 0 Å². The Morgan fingerprint density at radius 1 is 1.62 bits per heavy atom. The van der Waals surface area contributed by atoms with E-state index in [0.29, 0.717) is 6.42 Å². The Hall–Kier alpha value is -0.580. The Kier molecular flexibility index (Phi) is 4.77. The van der Waals surface area contributed by atoms with Crippen LogP contribution in [-0.4, -0.2) is 29.9 Å². The molecule has 16 heavy (non-hydrogen) atoms. The van der Waals surface area contributed by atoms with E-state index in [1.807, 2.05) is 11.0 Å². The summed E-state index contributed by atoms with van der Waals surface area (Å²) >= 11 is 1.70. The largest absolute Gasteiger partial charge is 0.341 e. The van der Waals surface area contributed by atoms with Crippen molar-refractivity contribution in [1.82, 2.24) is 4.90 Å². The van der Waals surface area contributed by atoms with Crippen LogP contribution in [0.4, 0.5) is 0 Å². The molecular weight excluding hydrogens is 244 g/mol. The van der Waals surface area contributed by atoms with Crippen LogP contribution in [0.2, 0.25) is 0 Å². The summed E-state index contributed by atoms with van der Waals surface area (Å²) in [6.07, 6.45) is 1.47. The second kappa shape index (κ2) is 5.66. The second-order valence-corrected chi connectivity index (χ2v) is 5.45. The van der Waals surface area contributed by atoms with Crippen LogP contribution < -0.4 is 5.73 Å². The molecule has 3 nitrogen and oxygen atoms in total. The smallest absolute Gasteiger partial charge is 0.227 e. The molecule has 1 saturated heterocycles. The Labute approximate surface area is 106 Å². The van der Waals surface area contributed by atoms with Crippen molar-refractivity contribution in [3.05, 3.63) is 21.9 Å². The molecule has 0 radical (unpaired) electrons. The molecule has 1 aromatic heterocycles. The van der Waals surface area contributed by atoms with Crippen molar-refractivity contribution < 1.29 is 4.79 Å². The van der Waals surface area contributed by atoms with Gasteiger partial charge in [-0.3, -0.25) is 4.79 Å². The number of halogens is 1. The molecule has 2 heterocycles. The fourth-order valence-electron chi connectivity index (χ4n) is 1.85. The van der Waals surface area contributed by atoms with E-state index in [4.69, 9.17) is 5.73 Å². The highest BCUT2D eigenvalue weighted by Gasteiger charge is 2.23. The van der Waals surface area contributed by atoms with Crippen molar-refractivity contribution >= 4 is 29.7 Å². The number of rotatable bonds is 2. The highest BCUT2D eigenvalue weighted by Crippen LogP contribution is 2.17. The third-order valence-electron chi connectivity index (χ3n) is 2.70. The third-order valence-corrected chi connectivity index (χ3v) is 3.70. The zero-order valence-electron chi connectivity index (χ0n) is 9.31. The molecule has 0 unspecified atom stereocenters. The van der Waals surface area contributed by atoms with Crippen LogP contribution in [0.15, 0.2) is 12.1 Å². The first-order valence-electron chi connectivity index (χ1n) is 5.24. The molecule has 2 N–H and O–H groups in total. The standard InChI is InChI=1S/C11H16N2OS.ClH/c1-8-2-3-10(15-8)6-11(14)13-5-4-9(12)7-13;/h2-3,9H,4-7,12H2,1H3;1H/t9-;/m0./s1. The number of thiophene rings is 1. The summed E-state index contributed by atoms with van der Waals surface area (Å²) in [4.78, 5) is 16.1. The van der Waals surface area contributed by atoms with Crippen LogP contribution in [-0.2, 0) is 11.2 Å². The number of nitrogens with zero attached hydrogens (tertiary/aromatic N) is 1. The maximum Gasteiger partial charge on any atom is 0.227 e. The fourth-order valence-corrected chi connectivity index (χ4v) is 2.74. The quantitative estimate of drug-likeness (QED) is 0.878. The zero-order valence-corrected chi connectivity index (χ0v) is 10.9. The second-order valence-electron chi connectivity index (χ2n) is 4.08. The van der Waals surface area contributed by atoms with E-state index < -0.39 is 0 Å². The van der Waals surface area contributed by atoms with Crippen LogP contribution in [0.3, 0.4) is 0 Å². The van der Waals surface area contributed by atoms with Crippen molar-refractivity contribution in [3.8, 4) is 0 Å². The minimum absolute atomic E-state index is 0. The molecule has 1 atom stereocenters. The average molecular weight is 261 g/mol. The van der Waals surface area contributed by atoms with Gasteiger partial charge < -0.3 is 10.6 Å². The van der Waals surface area contributed by atoms with Gasteiger partial charge in [0.15, 0.2) is 0 Å². The first-order valence-corrected chi connectivity index (χ1v) is 6.05. The molecule has 90 valence electrons. The number of hydrogen-bond donors (Lipinski definition) is 1. The summed E-state index contributed by atoms with van der Waals surface area (Å²) in [7, 11) is 0. The van der Waals surface area contributed by atoms with E-state index in [2.05, 4.69) is 13.0 Å². The van der Waals surface area contributed by atoms with Gasteiger partial charge in [-0.1, -0.05) is 0 Å². The molecule has 1 aliphatic rings. The van der Waals surface area contributed by atoms with Gasteiger partial charge in [-0.2, -0.15) is 0 Å². The van der Waals surface area contributed by atoms with Gasteiger partial charge in [0.2, 0.25) is 5.91 Å². The van der Waals surface area contributed by atoms with Gasteiger partial charge in [0.1, 0.15) is 0 Å². The zero-order chi connectivity index (χ0) is 10.8. The molecule has 0 bridgehead atoms. The van der Waals surface area contributed by atoms with Gasteiger partial charge in [-0.15, -0.1) is 23.7 Å². The number of carbonyl (C=O) groups is 1. The van der Waals surface area contributed by atoms with Crippen molar-refractivity contribution in [2.45, 2.75) is 25.8 Å². The highest BCUT2D eigenvalue weighted by molar-refractivity contribution is 7.12. The number of nitrogens with two attached hydrogens (primary N) is 1. The maximum atomic E-state index is 11.8. The maximum absolute atomic E-state index is 11.8.